The fourth-order valence-electron chi connectivity index (χ4n) is 3.61. The van der Waals surface area contributed by atoms with E-state index < -0.39 is 20.8 Å². The largest absolute Gasteiger partial charge is 0.467 e. The van der Waals surface area contributed by atoms with Gasteiger partial charge in [-0.05, 0) is 42.8 Å². The van der Waals surface area contributed by atoms with Crippen molar-refractivity contribution in [1.82, 2.24) is 15.0 Å². The van der Waals surface area contributed by atoms with Crippen LogP contribution >= 0.6 is 11.3 Å². The summed E-state index contributed by atoms with van der Waals surface area (Å²) in [4.78, 5) is 13.3. The lowest BCUT2D eigenvalue weighted by atomic mass is 10.1. The van der Waals surface area contributed by atoms with E-state index in [1.54, 1.807) is 48.8 Å². The van der Waals surface area contributed by atoms with E-state index in [9.17, 15) is 12.6 Å². The number of aryl methyl sites for hydroxylation is 1. The smallest absolute Gasteiger partial charge is 0.316 e. The molecule has 4 aromatic rings. The van der Waals surface area contributed by atoms with Gasteiger partial charge in [-0.3, -0.25) is 8.51 Å². The summed E-state index contributed by atoms with van der Waals surface area (Å²) in [6.45, 7) is 2.02. The molecular formula is C21H18N4O4S3. The SMILES string of the molecule is COc1ncc(-c2ccc3c(c2)N(S(=O)(=O)c2ccc4nc(C)sc4c2)CCS3=O)cn1. The highest BCUT2D eigenvalue weighted by molar-refractivity contribution is 7.93. The van der Waals surface area contributed by atoms with Crippen LogP contribution in [0.2, 0.25) is 0 Å². The molecule has 1 aliphatic heterocycles. The number of thiazole rings is 1. The van der Waals surface area contributed by atoms with Crippen molar-refractivity contribution >= 4 is 48.1 Å². The Morgan fingerprint density at radius 1 is 1.09 bits per heavy atom. The molecule has 0 N–H and O–H groups in total. The number of aromatic nitrogens is 3. The standard InChI is InChI=1S/C21H18N4O4S3/c1-13-24-17-5-4-16(10-19(17)30-13)32(27,28)25-7-8-31(26)20-6-3-14(9-18(20)25)15-11-22-21(29-2)23-12-15/h3-6,9-12H,7-8H2,1-2H3. The number of ether oxygens (including phenoxy) is 1. The van der Waals surface area contributed by atoms with E-state index >= 15 is 0 Å². The number of hydrogen-bond donors (Lipinski definition) is 0. The van der Waals surface area contributed by atoms with Gasteiger partial charge in [-0.1, -0.05) is 6.07 Å². The van der Waals surface area contributed by atoms with Gasteiger partial charge in [0.05, 0.1) is 48.6 Å². The van der Waals surface area contributed by atoms with Gasteiger partial charge >= 0.3 is 6.01 Å². The topological polar surface area (TPSA) is 102 Å². The van der Waals surface area contributed by atoms with E-state index in [1.165, 1.54) is 22.8 Å². The van der Waals surface area contributed by atoms with Crippen molar-refractivity contribution in [3.63, 3.8) is 0 Å². The molecule has 2 aromatic heterocycles. The second-order valence-corrected chi connectivity index (χ2v) is 11.8. The van der Waals surface area contributed by atoms with Gasteiger partial charge in [0.25, 0.3) is 10.0 Å². The lowest BCUT2D eigenvalue weighted by Crippen LogP contribution is -2.38. The number of fused-ring (bicyclic) bond motifs is 2. The minimum atomic E-state index is -3.86. The molecule has 0 fully saturated rings. The Hall–Kier alpha value is -2.89. The highest BCUT2D eigenvalue weighted by Crippen LogP contribution is 2.37. The molecule has 0 spiro atoms. The van der Waals surface area contributed by atoms with E-state index in [0.717, 1.165) is 20.8 Å². The highest BCUT2D eigenvalue weighted by atomic mass is 32.2. The number of methoxy groups -OCH3 is 1. The van der Waals surface area contributed by atoms with Crippen LogP contribution in [0.4, 0.5) is 5.69 Å². The van der Waals surface area contributed by atoms with Crippen LogP contribution in [0.25, 0.3) is 21.3 Å². The average Bonchev–Trinajstić information content (AvgIpc) is 3.18. The quantitative estimate of drug-likeness (QED) is 0.436. The zero-order valence-corrected chi connectivity index (χ0v) is 19.6. The second-order valence-electron chi connectivity index (χ2n) is 7.13. The monoisotopic (exact) mass is 486 g/mol. The Labute approximate surface area is 191 Å². The van der Waals surface area contributed by atoms with Crippen molar-refractivity contribution in [2.75, 3.05) is 23.7 Å². The molecule has 2 aromatic carbocycles. The molecule has 0 aliphatic carbocycles. The molecule has 0 saturated heterocycles. The lowest BCUT2D eigenvalue weighted by Gasteiger charge is -2.30. The summed E-state index contributed by atoms with van der Waals surface area (Å²) in [5.41, 5.74) is 2.60. The maximum Gasteiger partial charge on any atom is 0.316 e. The molecule has 164 valence electrons. The minimum absolute atomic E-state index is 0.129. The van der Waals surface area contributed by atoms with E-state index in [0.29, 0.717) is 16.1 Å². The first-order valence-corrected chi connectivity index (χ1v) is 13.2. The van der Waals surface area contributed by atoms with E-state index in [2.05, 4.69) is 15.0 Å². The van der Waals surface area contributed by atoms with Crippen molar-refractivity contribution in [3.8, 4) is 17.1 Å². The molecular weight excluding hydrogens is 468 g/mol. The van der Waals surface area contributed by atoms with Crippen LogP contribution in [0.3, 0.4) is 0 Å². The van der Waals surface area contributed by atoms with Crippen LogP contribution in [-0.4, -0.2) is 47.0 Å². The number of benzene rings is 2. The first kappa shape index (κ1) is 21.0. The van der Waals surface area contributed by atoms with Crippen LogP contribution in [0.15, 0.2) is 58.6 Å². The number of nitrogens with zero attached hydrogens (tertiary/aromatic N) is 4. The Balaban J connectivity index is 1.60. The zero-order valence-electron chi connectivity index (χ0n) is 17.2. The predicted molar refractivity (Wildman–Crippen MR) is 124 cm³/mol. The molecule has 0 amide bonds. The van der Waals surface area contributed by atoms with E-state index in [1.807, 2.05) is 6.92 Å². The summed E-state index contributed by atoms with van der Waals surface area (Å²) in [7, 11) is -3.66. The molecule has 1 atom stereocenters. The fourth-order valence-corrected chi connectivity index (χ4v) is 7.42. The Kier molecular flexibility index (Phi) is 5.19. The average molecular weight is 487 g/mol. The van der Waals surface area contributed by atoms with Crippen molar-refractivity contribution < 1.29 is 17.4 Å². The first-order chi connectivity index (χ1) is 15.4. The summed E-state index contributed by atoms with van der Waals surface area (Å²) in [6.07, 6.45) is 3.21. The van der Waals surface area contributed by atoms with Gasteiger partial charge in [0.15, 0.2) is 0 Å². The third kappa shape index (κ3) is 3.55. The van der Waals surface area contributed by atoms with Crippen LogP contribution in [-0.2, 0) is 20.8 Å². The van der Waals surface area contributed by atoms with Crippen molar-refractivity contribution in [2.24, 2.45) is 0 Å². The van der Waals surface area contributed by atoms with Crippen molar-refractivity contribution in [3.05, 3.63) is 53.8 Å². The molecule has 5 rings (SSSR count). The molecule has 3 heterocycles. The number of anilines is 1. The summed E-state index contributed by atoms with van der Waals surface area (Å²) >= 11 is 1.45. The second kappa shape index (κ2) is 7.91. The molecule has 0 bridgehead atoms. The zero-order chi connectivity index (χ0) is 22.5. The van der Waals surface area contributed by atoms with Gasteiger partial charge in [0.1, 0.15) is 0 Å². The molecule has 11 heteroatoms. The van der Waals surface area contributed by atoms with Gasteiger partial charge in [-0.2, -0.15) is 0 Å². The fraction of sp³-hybridized carbons (Fsp3) is 0.190. The maximum absolute atomic E-state index is 13.6. The third-order valence-corrected chi connectivity index (χ3v) is 9.28. The normalized spacial score (nSPS) is 16.2. The van der Waals surface area contributed by atoms with Crippen LogP contribution in [0.1, 0.15) is 5.01 Å². The predicted octanol–water partition coefficient (Wildman–Crippen LogP) is 3.39. The third-order valence-electron chi connectivity index (χ3n) is 5.15. The van der Waals surface area contributed by atoms with E-state index in [-0.39, 0.29) is 23.2 Å². The molecule has 32 heavy (non-hydrogen) atoms. The minimum Gasteiger partial charge on any atom is -0.467 e. The number of sulfonamides is 1. The molecule has 0 radical (unpaired) electrons. The van der Waals surface area contributed by atoms with Gasteiger partial charge in [0.2, 0.25) is 0 Å². The molecule has 1 unspecified atom stereocenters. The van der Waals surface area contributed by atoms with Crippen LogP contribution < -0.4 is 9.04 Å². The van der Waals surface area contributed by atoms with Crippen LogP contribution in [0.5, 0.6) is 6.01 Å². The Bertz CT molecular complexity index is 1470. The summed E-state index contributed by atoms with van der Waals surface area (Å²) < 4.78 is 47.0. The van der Waals surface area contributed by atoms with Gasteiger partial charge in [0, 0.05) is 30.3 Å². The number of hydrogen-bond acceptors (Lipinski definition) is 8. The number of rotatable bonds is 4. The van der Waals surface area contributed by atoms with Crippen LogP contribution in [0, 0.1) is 6.92 Å². The maximum atomic E-state index is 13.6. The van der Waals surface area contributed by atoms with Crippen molar-refractivity contribution in [1.29, 1.82) is 0 Å². The molecule has 8 nitrogen and oxygen atoms in total. The van der Waals surface area contributed by atoms with E-state index in [4.69, 9.17) is 4.74 Å². The Morgan fingerprint density at radius 3 is 2.62 bits per heavy atom. The molecule has 0 saturated carbocycles. The van der Waals surface area contributed by atoms with Gasteiger partial charge in [-0.15, -0.1) is 11.3 Å². The lowest BCUT2D eigenvalue weighted by molar-refractivity contribution is 0.380. The summed E-state index contributed by atoms with van der Waals surface area (Å²) in [6, 6.07) is 10.4. The van der Waals surface area contributed by atoms with Gasteiger partial charge in [-0.25, -0.2) is 23.4 Å². The summed E-state index contributed by atoms with van der Waals surface area (Å²) in [5, 5.41) is 0.875. The van der Waals surface area contributed by atoms with Gasteiger partial charge < -0.3 is 4.74 Å². The summed E-state index contributed by atoms with van der Waals surface area (Å²) in [5.74, 6) is 0.235. The Morgan fingerprint density at radius 2 is 1.88 bits per heavy atom. The molecule has 1 aliphatic rings. The highest BCUT2D eigenvalue weighted by Gasteiger charge is 2.32. The first-order valence-electron chi connectivity index (χ1n) is 9.65. The van der Waals surface area contributed by atoms with Crippen molar-refractivity contribution in [2.45, 2.75) is 16.7 Å².